The zero-order valence-corrected chi connectivity index (χ0v) is 17.2. The van der Waals surface area contributed by atoms with E-state index in [0.717, 1.165) is 0 Å². The second-order valence-electron chi connectivity index (χ2n) is 6.55. The fourth-order valence-corrected chi connectivity index (χ4v) is 3.09. The van der Waals surface area contributed by atoms with Crippen molar-refractivity contribution in [1.29, 1.82) is 5.41 Å². The van der Waals surface area contributed by atoms with Crippen LogP contribution in [-0.4, -0.2) is 44.3 Å². The van der Waals surface area contributed by atoms with Crippen molar-refractivity contribution in [3.8, 4) is 5.75 Å². The number of nitrogens with two attached hydrogens (primary N) is 1. The van der Waals surface area contributed by atoms with Gasteiger partial charge in [-0.05, 0) is 48.2 Å². The number of aliphatic hydroxyl groups is 1. The van der Waals surface area contributed by atoms with E-state index in [1.807, 2.05) is 0 Å². The van der Waals surface area contributed by atoms with Crippen LogP contribution < -0.4 is 10.5 Å². The van der Waals surface area contributed by atoms with Gasteiger partial charge in [-0.25, -0.2) is 9.59 Å². The molecule has 0 radical (unpaired) electrons. The molecule has 0 fully saturated rings. The van der Waals surface area contributed by atoms with E-state index in [-0.39, 0.29) is 23.8 Å². The van der Waals surface area contributed by atoms with Gasteiger partial charge in [-0.2, -0.15) is 0 Å². The van der Waals surface area contributed by atoms with Crippen molar-refractivity contribution in [2.75, 3.05) is 0 Å². The molecule has 2 rings (SSSR count). The normalized spacial score (nSPS) is 12.6. The zero-order valence-electron chi connectivity index (χ0n) is 16.4. The second-order valence-corrected chi connectivity index (χ2v) is 7.61. The first-order valence-corrected chi connectivity index (χ1v) is 9.79. The van der Waals surface area contributed by atoms with E-state index >= 15 is 0 Å². The van der Waals surface area contributed by atoms with Gasteiger partial charge in [0.05, 0.1) is 6.42 Å². The number of amidine groups is 1. The Kier molecular flexibility index (Phi) is 8.11. The molecule has 0 spiro atoms. The monoisotopic (exact) mass is 448 g/mol. The summed E-state index contributed by atoms with van der Waals surface area (Å²) in [6.07, 6.45) is -2.44. The molecule has 0 amide bonds. The van der Waals surface area contributed by atoms with Crippen LogP contribution >= 0.6 is 11.8 Å². The number of nitrogens with one attached hydrogen (secondary N) is 1. The maximum atomic E-state index is 12.2. The molecular formula is C20H20N2O8S. The summed E-state index contributed by atoms with van der Waals surface area (Å²) in [5.41, 5.74) is 5.84. The summed E-state index contributed by atoms with van der Waals surface area (Å²) in [7, 11) is 0. The number of aliphatic carboxylic acids is 1. The number of nitrogen functional groups attached to an aromatic ring is 1. The molecule has 164 valence electrons. The molecule has 10 nitrogen and oxygen atoms in total. The number of ether oxygens (including phenoxy) is 1. The Bertz CT molecular complexity index is 999. The molecule has 0 aliphatic heterocycles. The number of carbonyl (C=O) groups excluding carboxylic acids is 3. The highest BCUT2D eigenvalue weighted by Gasteiger charge is 2.24. The number of thioether (sulfide) groups is 1. The van der Waals surface area contributed by atoms with Gasteiger partial charge in [0.15, 0.2) is 16.3 Å². The van der Waals surface area contributed by atoms with Crippen LogP contribution in [0.25, 0.3) is 0 Å². The van der Waals surface area contributed by atoms with Gasteiger partial charge < -0.3 is 25.1 Å². The summed E-state index contributed by atoms with van der Waals surface area (Å²) in [5, 5.41) is 23.8. The SMILES string of the molecule is CC(Cc1ccc(C(=O)Oc2ccc(C(=N)N)cc2)o1)C(=O)SC(=O)CC(O)C(=O)O. The average Bonchev–Trinajstić information content (AvgIpc) is 3.16. The quantitative estimate of drug-likeness (QED) is 0.190. The van der Waals surface area contributed by atoms with Crippen LogP contribution in [0.5, 0.6) is 5.75 Å². The van der Waals surface area contributed by atoms with Crippen molar-refractivity contribution >= 4 is 39.8 Å². The van der Waals surface area contributed by atoms with Crippen LogP contribution in [-0.2, 0) is 20.8 Å². The van der Waals surface area contributed by atoms with Crippen molar-refractivity contribution in [2.24, 2.45) is 11.7 Å². The summed E-state index contributed by atoms with van der Waals surface area (Å²) < 4.78 is 10.6. The zero-order chi connectivity index (χ0) is 23.1. The highest BCUT2D eigenvalue weighted by atomic mass is 32.2. The Morgan fingerprint density at radius 3 is 2.39 bits per heavy atom. The lowest BCUT2D eigenvalue weighted by atomic mass is 10.1. The van der Waals surface area contributed by atoms with Gasteiger partial charge in [0, 0.05) is 17.9 Å². The van der Waals surface area contributed by atoms with Crippen molar-refractivity contribution in [3.63, 3.8) is 0 Å². The first-order valence-electron chi connectivity index (χ1n) is 8.97. The van der Waals surface area contributed by atoms with E-state index in [0.29, 0.717) is 23.1 Å². The van der Waals surface area contributed by atoms with Crippen LogP contribution in [0.1, 0.15) is 35.2 Å². The Labute approximate surface area is 180 Å². The number of hydrogen-bond acceptors (Lipinski definition) is 9. The van der Waals surface area contributed by atoms with E-state index in [9.17, 15) is 19.2 Å². The fourth-order valence-electron chi connectivity index (χ4n) is 2.34. The minimum absolute atomic E-state index is 0.0846. The van der Waals surface area contributed by atoms with E-state index in [4.69, 9.17) is 30.5 Å². The van der Waals surface area contributed by atoms with Gasteiger partial charge in [-0.1, -0.05) is 6.92 Å². The number of esters is 1. The van der Waals surface area contributed by atoms with Crippen molar-refractivity contribution in [2.45, 2.75) is 25.9 Å². The molecule has 0 aliphatic carbocycles. The summed E-state index contributed by atoms with van der Waals surface area (Å²) in [6, 6.07) is 8.91. The third kappa shape index (κ3) is 7.08. The molecular weight excluding hydrogens is 428 g/mol. The van der Waals surface area contributed by atoms with E-state index in [1.54, 1.807) is 6.92 Å². The van der Waals surface area contributed by atoms with Crippen LogP contribution in [0.4, 0.5) is 0 Å². The first kappa shape index (κ1) is 23.8. The molecule has 1 aromatic heterocycles. The van der Waals surface area contributed by atoms with Crippen molar-refractivity contribution < 1.29 is 38.5 Å². The summed E-state index contributed by atoms with van der Waals surface area (Å²) in [4.78, 5) is 46.5. The molecule has 2 atom stereocenters. The van der Waals surface area contributed by atoms with E-state index in [2.05, 4.69) is 0 Å². The van der Waals surface area contributed by atoms with Crippen LogP contribution in [0, 0.1) is 11.3 Å². The molecule has 5 N–H and O–H groups in total. The van der Waals surface area contributed by atoms with Gasteiger partial charge in [0.25, 0.3) is 0 Å². The third-order valence-corrected chi connectivity index (χ3v) is 5.01. The summed E-state index contributed by atoms with van der Waals surface area (Å²) >= 11 is 0.332. The topological polar surface area (TPSA) is 181 Å². The molecule has 0 saturated carbocycles. The number of carboxylic acid groups (broad SMARTS) is 1. The molecule has 11 heteroatoms. The molecule has 1 aromatic carbocycles. The maximum Gasteiger partial charge on any atom is 0.379 e. The number of rotatable bonds is 9. The second kappa shape index (κ2) is 10.5. The van der Waals surface area contributed by atoms with Gasteiger partial charge in [0.2, 0.25) is 5.76 Å². The predicted octanol–water partition coefficient (Wildman–Crippen LogP) is 1.58. The van der Waals surface area contributed by atoms with Gasteiger partial charge in [0.1, 0.15) is 17.3 Å². The smallest absolute Gasteiger partial charge is 0.379 e. The first-order chi connectivity index (χ1) is 14.6. The van der Waals surface area contributed by atoms with Crippen LogP contribution in [0.15, 0.2) is 40.8 Å². The predicted molar refractivity (Wildman–Crippen MR) is 110 cm³/mol. The van der Waals surface area contributed by atoms with E-state index in [1.165, 1.54) is 36.4 Å². The van der Waals surface area contributed by atoms with E-state index < -0.39 is 40.6 Å². The standard InChI is InChI=1S/C20H20N2O8S/c1-10(20(28)31-16(24)9-14(23)18(25)26)8-13-6-7-15(29-13)19(27)30-12-4-2-11(3-5-12)17(21)22/h2-7,10,14,23H,8-9H2,1H3,(H3,21,22)(H,25,26). The highest BCUT2D eigenvalue weighted by Crippen LogP contribution is 2.21. The minimum Gasteiger partial charge on any atom is -0.479 e. The van der Waals surface area contributed by atoms with Crippen LogP contribution in [0.3, 0.4) is 0 Å². The maximum absolute atomic E-state index is 12.2. The molecule has 31 heavy (non-hydrogen) atoms. The number of hydrogen-bond donors (Lipinski definition) is 4. The molecule has 0 aliphatic rings. The molecule has 2 aromatic rings. The largest absolute Gasteiger partial charge is 0.479 e. The number of furan rings is 1. The Hall–Kier alpha value is -3.44. The van der Waals surface area contributed by atoms with Crippen molar-refractivity contribution in [3.05, 3.63) is 53.5 Å². The number of carboxylic acids is 1. The Balaban J connectivity index is 1.90. The average molecular weight is 448 g/mol. The number of carbonyl (C=O) groups is 4. The summed E-state index contributed by atoms with van der Waals surface area (Å²) in [6.45, 7) is 1.55. The Morgan fingerprint density at radius 1 is 1.16 bits per heavy atom. The number of benzene rings is 1. The molecule has 1 heterocycles. The lowest BCUT2D eigenvalue weighted by molar-refractivity contribution is -0.148. The third-order valence-electron chi connectivity index (χ3n) is 4.01. The summed E-state index contributed by atoms with van der Waals surface area (Å²) in [5.74, 6) is -2.61. The minimum atomic E-state index is -1.86. The number of aliphatic hydroxyl groups excluding tert-OH is 1. The van der Waals surface area contributed by atoms with Gasteiger partial charge in [-0.3, -0.25) is 15.0 Å². The van der Waals surface area contributed by atoms with Crippen LogP contribution in [0.2, 0.25) is 0 Å². The highest BCUT2D eigenvalue weighted by molar-refractivity contribution is 8.26. The molecule has 0 bridgehead atoms. The Morgan fingerprint density at radius 2 is 1.81 bits per heavy atom. The van der Waals surface area contributed by atoms with Gasteiger partial charge >= 0.3 is 11.9 Å². The van der Waals surface area contributed by atoms with Crippen molar-refractivity contribution in [1.82, 2.24) is 0 Å². The molecule has 2 unspecified atom stereocenters. The molecule has 0 saturated heterocycles. The lowest BCUT2D eigenvalue weighted by Gasteiger charge is -2.08. The fraction of sp³-hybridized carbons (Fsp3) is 0.250. The van der Waals surface area contributed by atoms with Gasteiger partial charge in [-0.15, -0.1) is 0 Å². The lowest BCUT2D eigenvalue weighted by Crippen LogP contribution is -2.23.